The molecule has 0 fully saturated rings. The average Bonchev–Trinajstić information content (AvgIpc) is 2.91. The molecule has 0 radical (unpaired) electrons. The van der Waals surface area contributed by atoms with Gasteiger partial charge in [-0.15, -0.1) is 10.2 Å². The van der Waals surface area contributed by atoms with E-state index in [-0.39, 0.29) is 0 Å². The van der Waals surface area contributed by atoms with Crippen molar-refractivity contribution in [2.24, 2.45) is 10.2 Å². The third kappa shape index (κ3) is 5.61. The van der Waals surface area contributed by atoms with Crippen molar-refractivity contribution in [1.82, 2.24) is 0 Å². The van der Waals surface area contributed by atoms with Gasteiger partial charge in [0.25, 0.3) is 0 Å². The first-order valence-electron chi connectivity index (χ1n) is 10.6. The molecule has 0 saturated carbocycles. The van der Waals surface area contributed by atoms with E-state index < -0.39 is 17.5 Å². The Morgan fingerprint density at radius 2 is 1.31 bits per heavy atom. The number of rotatable bonds is 7. The number of benzene rings is 4. The van der Waals surface area contributed by atoms with Crippen LogP contribution in [-0.2, 0) is 15.2 Å². The summed E-state index contributed by atoms with van der Waals surface area (Å²) in [7, 11) is 0. The second-order valence-electron chi connectivity index (χ2n) is 7.47. The summed E-state index contributed by atoms with van der Waals surface area (Å²) in [6, 6.07) is 30.8. The fourth-order valence-electron chi connectivity index (χ4n) is 3.33. The van der Waals surface area contributed by atoms with Crippen LogP contribution in [0.5, 0.6) is 0 Å². The molecule has 2 N–H and O–H groups in total. The summed E-state index contributed by atoms with van der Waals surface area (Å²) in [4.78, 5) is 30.4. The summed E-state index contributed by atoms with van der Waals surface area (Å²) < 4.78 is 0.781. The molecule has 0 aliphatic heterocycles. The van der Waals surface area contributed by atoms with Crippen molar-refractivity contribution >= 4 is 45.8 Å². The van der Waals surface area contributed by atoms with E-state index in [0.29, 0.717) is 28.1 Å². The van der Waals surface area contributed by atoms with E-state index in [1.54, 1.807) is 97.1 Å². The molecule has 4 rings (SSSR count). The lowest BCUT2D eigenvalue weighted by atomic mass is 9.86. The van der Waals surface area contributed by atoms with Gasteiger partial charge in [0.05, 0.1) is 16.9 Å². The smallest absolute Gasteiger partial charge is 0.363 e. The molecule has 0 aliphatic carbocycles. The number of hydrogen-bond donors (Lipinski definition) is 2. The number of hydrogen-bond acceptors (Lipinski definition) is 6. The van der Waals surface area contributed by atoms with Crippen molar-refractivity contribution in [1.29, 1.82) is 0 Å². The highest BCUT2D eigenvalue weighted by Gasteiger charge is 2.40. The van der Waals surface area contributed by atoms with Gasteiger partial charge >= 0.3 is 11.9 Å². The van der Waals surface area contributed by atoms with Crippen LogP contribution in [0.25, 0.3) is 0 Å². The minimum atomic E-state index is -1.98. The van der Waals surface area contributed by atoms with Crippen LogP contribution in [0.4, 0.5) is 11.4 Å². The van der Waals surface area contributed by atoms with E-state index in [2.05, 4.69) is 38.3 Å². The van der Waals surface area contributed by atoms with Gasteiger partial charge in [0, 0.05) is 3.57 Å². The fourth-order valence-corrected chi connectivity index (χ4v) is 3.94. The minimum absolute atomic E-state index is 0.385. The zero-order valence-electron chi connectivity index (χ0n) is 18.3. The SMILES string of the molecule is O=C(ONc1ccc(N=NC(=O)C(O)(c2ccccc2)c2ccccc2)cc1)c1ccccc1I. The molecule has 0 aromatic heterocycles. The van der Waals surface area contributed by atoms with Crippen molar-refractivity contribution < 1.29 is 19.5 Å². The Balaban J connectivity index is 1.46. The normalized spacial score (nSPS) is 11.3. The summed E-state index contributed by atoms with van der Waals surface area (Å²) in [6.45, 7) is 0. The third-order valence-corrected chi connectivity index (χ3v) is 6.11. The van der Waals surface area contributed by atoms with E-state index in [4.69, 9.17) is 4.84 Å². The number of carbonyl (C=O) groups is 2. The van der Waals surface area contributed by atoms with Gasteiger partial charge in [-0.2, -0.15) is 0 Å². The molecule has 0 unspecified atom stereocenters. The van der Waals surface area contributed by atoms with Crippen LogP contribution in [0, 0.1) is 3.57 Å². The number of nitrogens with one attached hydrogen (secondary N) is 1. The quantitative estimate of drug-likeness (QED) is 0.159. The molecule has 0 bridgehead atoms. The summed E-state index contributed by atoms with van der Waals surface area (Å²) in [5, 5.41) is 19.2. The summed E-state index contributed by atoms with van der Waals surface area (Å²) in [5.41, 5.74) is 2.76. The van der Waals surface area contributed by atoms with Gasteiger partial charge < -0.3 is 9.94 Å². The van der Waals surface area contributed by atoms with Crippen LogP contribution in [-0.4, -0.2) is 17.0 Å². The maximum absolute atomic E-state index is 13.1. The highest BCUT2D eigenvalue weighted by Crippen LogP contribution is 2.31. The van der Waals surface area contributed by atoms with Crippen molar-refractivity contribution in [3.8, 4) is 0 Å². The Labute approximate surface area is 215 Å². The third-order valence-electron chi connectivity index (χ3n) is 5.17. The van der Waals surface area contributed by atoms with Gasteiger partial charge in [-0.05, 0) is 70.1 Å². The molecule has 4 aromatic carbocycles. The Bertz CT molecular complexity index is 1300. The summed E-state index contributed by atoms with van der Waals surface area (Å²) in [5.74, 6) is -1.33. The largest absolute Gasteiger partial charge is 0.372 e. The molecule has 7 nitrogen and oxygen atoms in total. The number of nitrogens with zero attached hydrogens (tertiary/aromatic N) is 2. The van der Waals surface area contributed by atoms with Gasteiger partial charge in [0.1, 0.15) is 0 Å². The maximum atomic E-state index is 13.1. The van der Waals surface area contributed by atoms with Crippen molar-refractivity contribution in [2.45, 2.75) is 5.60 Å². The zero-order valence-corrected chi connectivity index (χ0v) is 20.5. The topological polar surface area (TPSA) is 100 Å². The van der Waals surface area contributed by atoms with Crippen LogP contribution >= 0.6 is 22.6 Å². The molecule has 1 amide bonds. The van der Waals surface area contributed by atoms with E-state index in [9.17, 15) is 14.7 Å². The summed E-state index contributed by atoms with van der Waals surface area (Å²) in [6.07, 6.45) is 0. The summed E-state index contributed by atoms with van der Waals surface area (Å²) >= 11 is 2.06. The lowest BCUT2D eigenvalue weighted by molar-refractivity contribution is -0.133. The molecule has 0 atom stereocenters. The predicted octanol–water partition coefficient (Wildman–Crippen LogP) is 6.02. The molecule has 8 heteroatoms. The fraction of sp³-hybridized carbons (Fsp3) is 0.0370. The molecular weight excluding hydrogens is 557 g/mol. The molecular formula is C27H20IN3O4. The molecule has 174 valence electrons. The lowest BCUT2D eigenvalue weighted by Crippen LogP contribution is -2.35. The van der Waals surface area contributed by atoms with Crippen LogP contribution in [0.15, 0.2) is 119 Å². The maximum Gasteiger partial charge on any atom is 0.363 e. The van der Waals surface area contributed by atoms with Crippen LogP contribution in [0.2, 0.25) is 0 Å². The van der Waals surface area contributed by atoms with E-state index in [1.807, 2.05) is 12.1 Å². The predicted molar refractivity (Wildman–Crippen MR) is 140 cm³/mol. The van der Waals surface area contributed by atoms with Crippen LogP contribution < -0.4 is 5.48 Å². The second-order valence-corrected chi connectivity index (χ2v) is 8.63. The van der Waals surface area contributed by atoms with Crippen molar-refractivity contribution in [2.75, 3.05) is 5.48 Å². The minimum Gasteiger partial charge on any atom is -0.372 e. The number of halogens is 1. The first kappa shape index (κ1) is 24.2. The second kappa shape index (κ2) is 11.0. The van der Waals surface area contributed by atoms with Gasteiger partial charge in [-0.25, -0.2) is 10.3 Å². The van der Waals surface area contributed by atoms with Gasteiger partial charge in [-0.3, -0.25) is 4.79 Å². The van der Waals surface area contributed by atoms with Crippen LogP contribution in [0.1, 0.15) is 21.5 Å². The van der Waals surface area contributed by atoms with E-state index in [1.165, 1.54) is 0 Å². The molecule has 4 aromatic rings. The van der Waals surface area contributed by atoms with Crippen LogP contribution in [0.3, 0.4) is 0 Å². The Morgan fingerprint density at radius 3 is 1.89 bits per heavy atom. The first-order valence-corrected chi connectivity index (χ1v) is 11.7. The zero-order chi connectivity index (χ0) is 24.7. The number of carbonyl (C=O) groups excluding carboxylic acids is 2. The lowest BCUT2D eigenvalue weighted by Gasteiger charge is -2.25. The highest BCUT2D eigenvalue weighted by atomic mass is 127. The van der Waals surface area contributed by atoms with Crippen molar-refractivity contribution in [3.63, 3.8) is 0 Å². The van der Waals surface area contributed by atoms with Gasteiger partial charge in [0.2, 0.25) is 0 Å². The first-order chi connectivity index (χ1) is 17.0. The molecule has 0 aliphatic rings. The average molecular weight is 577 g/mol. The Morgan fingerprint density at radius 1 is 0.771 bits per heavy atom. The number of amides is 1. The molecule has 0 saturated heterocycles. The van der Waals surface area contributed by atoms with E-state index in [0.717, 1.165) is 3.57 Å². The van der Waals surface area contributed by atoms with E-state index >= 15 is 0 Å². The molecule has 0 heterocycles. The molecule has 35 heavy (non-hydrogen) atoms. The Kier molecular flexibility index (Phi) is 7.64. The molecule has 0 spiro atoms. The number of anilines is 1. The number of azo groups is 1. The van der Waals surface area contributed by atoms with Gasteiger partial charge in [0.15, 0.2) is 5.60 Å². The Hall–Kier alpha value is -3.89. The van der Waals surface area contributed by atoms with Crippen molar-refractivity contribution in [3.05, 3.63) is 129 Å². The highest BCUT2D eigenvalue weighted by molar-refractivity contribution is 14.1. The standard InChI is InChI=1S/C27H20IN3O4/c28-24-14-8-7-13-23(24)25(32)35-31-22-17-15-21(16-18-22)29-30-26(33)27(34,19-9-3-1-4-10-19)20-11-5-2-6-12-20/h1-18,31,34H. The number of aliphatic hydroxyl groups is 1. The monoisotopic (exact) mass is 577 g/mol. The van der Waals surface area contributed by atoms with Gasteiger partial charge in [-0.1, -0.05) is 72.8 Å².